The lowest BCUT2D eigenvalue weighted by Gasteiger charge is -2.31. The van der Waals surface area contributed by atoms with Crippen LogP contribution in [-0.4, -0.2) is 0 Å². The van der Waals surface area contributed by atoms with Gasteiger partial charge in [-0.2, -0.15) is 0 Å². The third-order valence-electron chi connectivity index (χ3n) is 10.6. The zero-order chi connectivity index (χ0) is 36.8. The topological polar surface area (TPSA) is 3.24 Å². The molecule has 1 aliphatic carbocycles. The van der Waals surface area contributed by atoms with Crippen molar-refractivity contribution >= 4 is 22.6 Å². The molecule has 0 radical (unpaired) electrons. The number of allylic oxidation sites excluding steroid dienone is 4. The molecule has 0 saturated heterocycles. The summed E-state index contributed by atoms with van der Waals surface area (Å²) in [6, 6.07) is 74.8. The fraction of sp³-hybridized carbons (Fsp3) is 0.0370. The molecule has 0 N–H and O–H groups in total. The molecule has 1 heteroatoms. The van der Waals surface area contributed by atoms with Crippen molar-refractivity contribution in [1.29, 1.82) is 0 Å². The van der Waals surface area contributed by atoms with Crippen LogP contribution in [0, 0.1) is 0 Å². The first-order valence-electron chi connectivity index (χ1n) is 19.2. The largest absolute Gasteiger partial charge is 0.309 e. The van der Waals surface area contributed by atoms with E-state index in [1.807, 2.05) is 0 Å². The van der Waals surface area contributed by atoms with Crippen molar-refractivity contribution in [3.05, 3.63) is 230 Å². The Balaban J connectivity index is 1.29. The first kappa shape index (κ1) is 33.8. The van der Waals surface area contributed by atoms with Gasteiger partial charge in [0.05, 0.1) is 11.4 Å². The van der Waals surface area contributed by atoms with E-state index in [2.05, 4.69) is 229 Å². The van der Waals surface area contributed by atoms with E-state index >= 15 is 0 Å². The third-order valence-corrected chi connectivity index (χ3v) is 10.6. The maximum absolute atomic E-state index is 2.47. The number of anilines is 3. The molecule has 8 aromatic carbocycles. The summed E-state index contributed by atoms with van der Waals surface area (Å²) in [7, 11) is 0. The fourth-order valence-electron chi connectivity index (χ4n) is 7.90. The van der Waals surface area contributed by atoms with Gasteiger partial charge >= 0.3 is 0 Å². The van der Waals surface area contributed by atoms with Crippen LogP contribution in [0.5, 0.6) is 0 Å². The highest BCUT2D eigenvalue weighted by molar-refractivity contribution is 6.02. The molecule has 0 spiro atoms. The van der Waals surface area contributed by atoms with E-state index in [0.717, 1.165) is 29.9 Å². The van der Waals surface area contributed by atoms with Crippen molar-refractivity contribution in [2.45, 2.75) is 12.8 Å². The van der Waals surface area contributed by atoms with Crippen LogP contribution in [0.15, 0.2) is 224 Å². The minimum absolute atomic E-state index is 1.07. The van der Waals surface area contributed by atoms with E-state index in [4.69, 9.17) is 0 Å². The average Bonchev–Trinajstić information content (AvgIpc) is 3.28. The Morgan fingerprint density at radius 3 is 1.45 bits per heavy atom. The van der Waals surface area contributed by atoms with Crippen LogP contribution in [0.3, 0.4) is 0 Å². The second-order valence-electron chi connectivity index (χ2n) is 14.0. The summed E-state index contributed by atoms with van der Waals surface area (Å²) in [4.78, 5) is 2.47. The van der Waals surface area contributed by atoms with E-state index in [1.54, 1.807) is 0 Å². The molecule has 0 aliphatic heterocycles. The van der Waals surface area contributed by atoms with Crippen molar-refractivity contribution in [2.75, 3.05) is 4.90 Å². The highest BCUT2D eigenvalue weighted by Crippen LogP contribution is 2.49. The normalized spacial score (nSPS) is 12.3. The monoisotopic (exact) mass is 703 g/mol. The minimum atomic E-state index is 1.07. The maximum atomic E-state index is 2.47. The predicted molar refractivity (Wildman–Crippen MR) is 235 cm³/mol. The molecule has 1 aliphatic rings. The van der Waals surface area contributed by atoms with Crippen LogP contribution in [0.2, 0.25) is 0 Å². The lowest BCUT2D eigenvalue weighted by molar-refractivity contribution is 1.05. The average molecular weight is 704 g/mol. The number of hydrogen-bond acceptors (Lipinski definition) is 1. The molecule has 8 aromatic rings. The zero-order valence-corrected chi connectivity index (χ0v) is 30.7. The molecular formula is C54H41N. The van der Waals surface area contributed by atoms with Crippen molar-refractivity contribution in [1.82, 2.24) is 0 Å². The Hall–Kier alpha value is -6.96. The number of nitrogens with zero attached hydrogens (tertiary/aromatic N) is 1. The molecule has 0 heterocycles. The van der Waals surface area contributed by atoms with Gasteiger partial charge in [-0.25, -0.2) is 0 Å². The van der Waals surface area contributed by atoms with Gasteiger partial charge in [-0.3, -0.25) is 0 Å². The van der Waals surface area contributed by atoms with Crippen LogP contribution in [0.1, 0.15) is 18.4 Å². The van der Waals surface area contributed by atoms with Gasteiger partial charge in [0.15, 0.2) is 0 Å². The number of rotatable bonds is 9. The number of benzene rings is 8. The molecule has 262 valence electrons. The van der Waals surface area contributed by atoms with Crippen molar-refractivity contribution in [3.8, 4) is 55.6 Å². The Bertz CT molecular complexity index is 2600. The van der Waals surface area contributed by atoms with Crippen LogP contribution < -0.4 is 4.90 Å². The molecule has 0 bridgehead atoms. The molecule has 0 aromatic heterocycles. The van der Waals surface area contributed by atoms with Crippen LogP contribution in [-0.2, 0) is 0 Å². The molecule has 0 fully saturated rings. The Kier molecular flexibility index (Phi) is 9.58. The van der Waals surface area contributed by atoms with Crippen molar-refractivity contribution < 1.29 is 0 Å². The van der Waals surface area contributed by atoms with Gasteiger partial charge in [0.25, 0.3) is 0 Å². The second kappa shape index (κ2) is 15.6. The van der Waals surface area contributed by atoms with Gasteiger partial charge in [-0.1, -0.05) is 200 Å². The van der Waals surface area contributed by atoms with Crippen LogP contribution in [0.4, 0.5) is 17.1 Å². The maximum Gasteiger partial charge on any atom is 0.0546 e. The SMILES string of the molecule is C1=CCCC(c2ccc(-c3ccccc3N(c3ccc(-c4ccccc4)cc3)c3cccc(-c4ccccc4)c3-c3ccccc3-c3ccccc3)cc2)=C1. The summed E-state index contributed by atoms with van der Waals surface area (Å²) in [5.41, 5.74) is 17.9. The van der Waals surface area contributed by atoms with Gasteiger partial charge in [0.2, 0.25) is 0 Å². The molecule has 0 atom stereocenters. The van der Waals surface area contributed by atoms with Gasteiger partial charge in [0, 0.05) is 16.8 Å². The summed E-state index contributed by atoms with van der Waals surface area (Å²) >= 11 is 0. The van der Waals surface area contributed by atoms with E-state index in [9.17, 15) is 0 Å². The predicted octanol–water partition coefficient (Wildman–Crippen LogP) is 15.2. The lowest BCUT2D eigenvalue weighted by Crippen LogP contribution is -2.13. The molecule has 1 nitrogen and oxygen atoms in total. The van der Waals surface area contributed by atoms with E-state index in [-0.39, 0.29) is 0 Å². The second-order valence-corrected chi connectivity index (χ2v) is 14.0. The Morgan fingerprint density at radius 2 is 0.800 bits per heavy atom. The summed E-state index contributed by atoms with van der Waals surface area (Å²) in [5.74, 6) is 0. The smallest absolute Gasteiger partial charge is 0.0546 e. The summed E-state index contributed by atoms with van der Waals surface area (Å²) in [6.07, 6.45) is 8.84. The first-order chi connectivity index (χ1) is 27.3. The first-order valence-corrected chi connectivity index (χ1v) is 19.2. The summed E-state index contributed by atoms with van der Waals surface area (Å²) in [6.45, 7) is 0. The van der Waals surface area contributed by atoms with Crippen molar-refractivity contribution in [3.63, 3.8) is 0 Å². The van der Waals surface area contributed by atoms with Crippen LogP contribution >= 0.6 is 0 Å². The fourth-order valence-corrected chi connectivity index (χ4v) is 7.90. The van der Waals surface area contributed by atoms with Crippen LogP contribution in [0.25, 0.3) is 61.2 Å². The summed E-state index contributed by atoms with van der Waals surface area (Å²) in [5, 5.41) is 0. The van der Waals surface area contributed by atoms with Crippen molar-refractivity contribution in [2.24, 2.45) is 0 Å². The molecule has 9 rings (SSSR count). The highest BCUT2D eigenvalue weighted by Gasteiger charge is 2.24. The van der Waals surface area contributed by atoms with Gasteiger partial charge in [-0.05, 0) is 92.8 Å². The van der Waals surface area contributed by atoms with Gasteiger partial charge < -0.3 is 4.90 Å². The number of para-hydroxylation sites is 1. The molecule has 0 amide bonds. The summed E-state index contributed by atoms with van der Waals surface area (Å²) < 4.78 is 0. The molecule has 0 unspecified atom stereocenters. The zero-order valence-electron chi connectivity index (χ0n) is 30.7. The van der Waals surface area contributed by atoms with Gasteiger partial charge in [-0.15, -0.1) is 0 Å². The van der Waals surface area contributed by atoms with Gasteiger partial charge in [0.1, 0.15) is 0 Å². The lowest BCUT2D eigenvalue weighted by atomic mass is 9.87. The standard InChI is InChI=1S/C54H41N/c1-5-18-40(19-6-1)42-32-34-46(35-33-42)49-27-15-16-30-52(49)55(47-38-36-43(37-39-47)41-20-7-2-8-21-41)53-31-17-29-50(45-24-11-4-12-25-45)54(53)51-28-14-13-26-48(51)44-22-9-3-10-23-44/h1-5,7-18,20-39H,6,19H2. The highest BCUT2D eigenvalue weighted by atomic mass is 15.1. The molecule has 0 saturated carbocycles. The Morgan fingerprint density at radius 1 is 0.327 bits per heavy atom. The van der Waals surface area contributed by atoms with E-state index < -0.39 is 0 Å². The minimum Gasteiger partial charge on any atom is -0.309 e. The third kappa shape index (κ3) is 6.97. The Labute approximate surface area is 324 Å². The van der Waals surface area contributed by atoms with E-state index in [0.29, 0.717) is 0 Å². The molecular weight excluding hydrogens is 663 g/mol. The van der Waals surface area contributed by atoms with E-state index in [1.165, 1.54) is 66.8 Å². The number of hydrogen-bond donors (Lipinski definition) is 0. The molecule has 55 heavy (non-hydrogen) atoms. The quantitative estimate of drug-likeness (QED) is 0.145.